The Kier molecular flexibility index (Phi) is 7.97. The summed E-state index contributed by atoms with van der Waals surface area (Å²) in [4.78, 5) is 23.6. The number of nitrogens with zero attached hydrogens (tertiary/aromatic N) is 6. The number of aromatic nitrogens is 3. The molecule has 0 atom stereocenters. The second kappa shape index (κ2) is 12.2. The van der Waals surface area contributed by atoms with Crippen LogP contribution in [0.25, 0.3) is 21.8 Å². The fourth-order valence-electron chi connectivity index (χ4n) is 6.22. The van der Waals surface area contributed by atoms with Crippen molar-refractivity contribution in [2.45, 2.75) is 39.5 Å². The number of piperazine rings is 1. The van der Waals surface area contributed by atoms with Crippen molar-refractivity contribution in [1.82, 2.24) is 25.0 Å². The highest BCUT2D eigenvalue weighted by atomic mass is 35.5. The van der Waals surface area contributed by atoms with E-state index in [9.17, 15) is 14.4 Å². The Morgan fingerprint density at radius 2 is 1.79 bits per heavy atom. The van der Waals surface area contributed by atoms with Gasteiger partial charge < -0.3 is 24.0 Å². The van der Waals surface area contributed by atoms with Crippen LogP contribution in [-0.2, 0) is 17.8 Å². The fourth-order valence-corrected chi connectivity index (χ4v) is 6.41. The lowest BCUT2D eigenvalue weighted by Crippen LogP contribution is -2.50. The third-order valence-electron chi connectivity index (χ3n) is 8.39. The van der Waals surface area contributed by atoms with Gasteiger partial charge in [0.2, 0.25) is 5.88 Å². The first-order chi connectivity index (χ1) is 23.0. The number of hydrogen-bond acceptors (Lipinski definition) is 9. The summed E-state index contributed by atoms with van der Waals surface area (Å²) in [6, 6.07) is 14.8. The van der Waals surface area contributed by atoms with Crippen LogP contribution in [0.15, 0.2) is 48.7 Å². The standard InChI is InChI=1S/C35H33ClFN7O4/c1-35(2,3)48-34(45)44-13-11-43(12-14-44)31-21-8-6-10-28(46-32-23-17-39-41-26(23)15-25(37)29(32)36)30(21)40-33(22(31)16-38)47-27-9-5-7-20-18-42(4)19-24(20)27/h5-10,15,17H,11-14,18-19H2,1-4H3,(H,39,41). The fraction of sp³-hybridized carbons (Fsp3) is 0.314. The van der Waals surface area contributed by atoms with Crippen LogP contribution in [0, 0.1) is 17.1 Å². The number of H-pyrrole nitrogens is 1. The van der Waals surface area contributed by atoms with E-state index in [1.54, 1.807) is 17.0 Å². The maximum atomic E-state index is 14.9. The van der Waals surface area contributed by atoms with Gasteiger partial charge in [-0.25, -0.2) is 14.2 Å². The quantitative estimate of drug-likeness (QED) is 0.205. The van der Waals surface area contributed by atoms with Gasteiger partial charge in [0, 0.05) is 56.3 Å². The molecular formula is C35H33ClFN7O4. The molecule has 0 aliphatic carbocycles. The van der Waals surface area contributed by atoms with E-state index >= 15 is 0 Å². The summed E-state index contributed by atoms with van der Waals surface area (Å²) in [5.41, 5.74) is 3.19. The molecule has 1 N–H and O–H groups in total. The number of pyridine rings is 1. The van der Waals surface area contributed by atoms with E-state index in [-0.39, 0.29) is 34.1 Å². The molecule has 7 rings (SSSR count). The smallest absolute Gasteiger partial charge is 0.410 e. The number of nitrogens with one attached hydrogen (secondary N) is 1. The second-order valence-electron chi connectivity index (χ2n) is 13.0. The summed E-state index contributed by atoms with van der Waals surface area (Å²) in [6.45, 7) is 8.58. The van der Waals surface area contributed by atoms with Crippen LogP contribution in [0.3, 0.4) is 0 Å². The van der Waals surface area contributed by atoms with Gasteiger partial charge >= 0.3 is 6.09 Å². The molecule has 3 aromatic carbocycles. The van der Waals surface area contributed by atoms with Crippen molar-refractivity contribution in [2.24, 2.45) is 0 Å². The third-order valence-corrected chi connectivity index (χ3v) is 8.74. The Morgan fingerprint density at radius 1 is 1.04 bits per heavy atom. The van der Waals surface area contributed by atoms with Crippen molar-refractivity contribution < 1.29 is 23.4 Å². The summed E-state index contributed by atoms with van der Waals surface area (Å²) < 4.78 is 33.3. The number of benzene rings is 3. The number of fused-ring (bicyclic) bond motifs is 3. The van der Waals surface area contributed by atoms with E-state index in [4.69, 9.17) is 30.8 Å². The molecule has 4 heterocycles. The van der Waals surface area contributed by atoms with E-state index in [2.05, 4.69) is 27.2 Å². The van der Waals surface area contributed by atoms with Gasteiger partial charge in [-0.15, -0.1) is 0 Å². The van der Waals surface area contributed by atoms with Gasteiger partial charge in [-0.05, 0) is 45.5 Å². The lowest BCUT2D eigenvalue weighted by Gasteiger charge is -2.37. The molecule has 0 unspecified atom stereocenters. The lowest BCUT2D eigenvalue weighted by molar-refractivity contribution is 0.0240. The lowest BCUT2D eigenvalue weighted by atomic mass is 10.1. The van der Waals surface area contributed by atoms with Crippen LogP contribution in [0.4, 0.5) is 14.9 Å². The van der Waals surface area contributed by atoms with Gasteiger partial charge in [0.05, 0.1) is 22.8 Å². The molecule has 0 bridgehead atoms. The summed E-state index contributed by atoms with van der Waals surface area (Å²) in [5, 5.41) is 18.3. The molecular weight excluding hydrogens is 637 g/mol. The van der Waals surface area contributed by atoms with Crippen molar-refractivity contribution in [3.05, 3.63) is 76.2 Å². The van der Waals surface area contributed by atoms with Gasteiger partial charge in [0.1, 0.15) is 39.3 Å². The highest BCUT2D eigenvalue weighted by molar-refractivity contribution is 6.33. The summed E-state index contributed by atoms with van der Waals surface area (Å²) in [6.07, 6.45) is 1.13. The zero-order valence-corrected chi connectivity index (χ0v) is 27.7. The molecule has 11 nitrogen and oxygen atoms in total. The number of halogens is 2. The molecule has 48 heavy (non-hydrogen) atoms. The number of ether oxygens (including phenoxy) is 3. The zero-order valence-electron chi connectivity index (χ0n) is 26.9. The van der Waals surface area contributed by atoms with Gasteiger partial charge in [-0.3, -0.25) is 10.00 Å². The summed E-state index contributed by atoms with van der Waals surface area (Å²) in [5.74, 6) is 0.403. The summed E-state index contributed by atoms with van der Waals surface area (Å²) >= 11 is 6.43. The maximum Gasteiger partial charge on any atom is 0.410 e. The number of anilines is 1. The normalized spacial score (nSPS) is 15.1. The molecule has 1 saturated heterocycles. The molecule has 2 aromatic heterocycles. The van der Waals surface area contributed by atoms with Gasteiger partial charge in [-0.1, -0.05) is 35.9 Å². The van der Waals surface area contributed by atoms with E-state index < -0.39 is 11.4 Å². The number of amides is 1. The van der Waals surface area contributed by atoms with Crippen molar-refractivity contribution in [1.29, 1.82) is 5.26 Å². The van der Waals surface area contributed by atoms with Crippen LogP contribution < -0.4 is 14.4 Å². The Bertz CT molecular complexity index is 2110. The SMILES string of the molecule is CN1Cc2cccc(Oc3nc4c(Oc5c(Cl)c(F)cc6[nH]ncc56)cccc4c(N4CCN(C(=O)OC(C)(C)C)CC4)c3C#N)c2C1. The molecule has 2 aliphatic rings. The van der Waals surface area contributed by atoms with Crippen molar-refractivity contribution in [3.8, 4) is 29.2 Å². The van der Waals surface area contributed by atoms with Gasteiger partial charge in [0.25, 0.3) is 0 Å². The number of hydrogen-bond donors (Lipinski definition) is 1. The molecule has 0 spiro atoms. The first-order valence-electron chi connectivity index (χ1n) is 15.6. The topological polar surface area (TPSA) is 120 Å². The second-order valence-corrected chi connectivity index (χ2v) is 13.3. The van der Waals surface area contributed by atoms with Crippen LogP contribution in [0.2, 0.25) is 5.02 Å². The van der Waals surface area contributed by atoms with Gasteiger partial charge in [-0.2, -0.15) is 10.4 Å². The van der Waals surface area contributed by atoms with E-state index in [0.29, 0.717) is 66.0 Å². The van der Waals surface area contributed by atoms with E-state index in [1.165, 1.54) is 12.3 Å². The third kappa shape index (κ3) is 5.80. The van der Waals surface area contributed by atoms with Gasteiger partial charge in [0.15, 0.2) is 11.5 Å². The number of aromatic amines is 1. The largest absolute Gasteiger partial charge is 0.453 e. The first-order valence-corrected chi connectivity index (χ1v) is 15.9. The average Bonchev–Trinajstić information content (AvgIpc) is 3.68. The predicted molar refractivity (Wildman–Crippen MR) is 179 cm³/mol. The molecule has 0 radical (unpaired) electrons. The number of carbonyl (C=O) groups excluding carboxylic acids is 1. The Labute approximate surface area is 281 Å². The maximum absolute atomic E-state index is 14.9. The number of para-hydroxylation sites is 1. The molecule has 2 aliphatic heterocycles. The van der Waals surface area contributed by atoms with Crippen LogP contribution in [-0.4, -0.2) is 69.9 Å². The minimum Gasteiger partial charge on any atom is -0.453 e. The average molecular weight is 670 g/mol. The van der Waals surface area contributed by atoms with Crippen molar-refractivity contribution >= 4 is 45.2 Å². The number of carbonyl (C=O) groups is 1. The highest BCUT2D eigenvalue weighted by Gasteiger charge is 2.31. The van der Waals surface area contributed by atoms with E-state index in [1.807, 2.05) is 50.9 Å². The van der Waals surface area contributed by atoms with E-state index in [0.717, 1.165) is 17.7 Å². The molecule has 0 saturated carbocycles. The van der Waals surface area contributed by atoms with Crippen LogP contribution >= 0.6 is 11.6 Å². The predicted octanol–water partition coefficient (Wildman–Crippen LogP) is 7.36. The molecule has 5 aromatic rings. The van der Waals surface area contributed by atoms with Crippen molar-refractivity contribution in [2.75, 3.05) is 38.1 Å². The highest BCUT2D eigenvalue weighted by Crippen LogP contribution is 2.44. The molecule has 246 valence electrons. The molecule has 13 heteroatoms. The minimum atomic E-state index is -0.668. The number of nitriles is 1. The Hall–Kier alpha value is -5.12. The summed E-state index contributed by atoms with van der Waals surface area (Å²) in [7, 11) is 2.03. The molecule has 1 amide bonds. The zero-order chi connectivity index (χ0) is 33.7. The monoisotopic (exact) mass is 669 g/mol. The first kappa shape index (κ1) is 31.5. The Balaban J connectivity index is 1.35. The van der Waals surface area contributed by atoms with Crippen LogP contribution in [0.1, 0.15) is 37.5 Å². The molecule has 1 fully saturated rings. The Morgan fingerprint density at radius 3 is 2.54 bits per heavy atom. The minimum absolute atomic E-state index is 0.0815. The van der Waals surface area contributed by atoms with Crippen molar-refractivity contribution in [3.63, 3.8) is 0 Å². The number of rotatable bonds is 5. The van der Waals surface area contributed by atoms with Crippen LogP contribution in [0.5, 0.6) is 23.1 Å².